The second-order valence-electron chi connectivity index (χ2n) is 4.59. The van der Waals surface area contributed by atoms with Crippen LogP contribution in [-0.2, 0) is 6.18 Å². The number of aromatic nitrogens is 4. The molecule has 0 unspecified atom stereocenters. The first-order valence-electron chi connectivity index (χ1n) is 6.28. The quantitative estimate of drug-likeness (QED) is 0.669. The van der Waals surface area contributed by atoms with E-state index in [1.165, 1.54) is 16.8 Å². The Balaban J connectivity index is 2.09. The largest absolute Gasteiger partial charge is 0.416 e. The average molecular weight is 359 g/mol. The van der Waals surface area contributed by atoms with Crippen LogP contribution < -0.4 is 0 Å². The van der Waals surface area contributed by atoms with Gasteiger partial charge in [-0.2, -0.15) is 17.9 Å². The van der Waals surface area contributed by atoms with Crippen LogP contribution in [0.5, 0.6) is 0 Å². The van der Waals surface area contributed by atoms with E-state index in [9.17, 15) is 13.2 Å². The van der Waals surface area contributed by atoms with E-state index in [-0.39, 0.29) is 11.5 Å². The fourth-order valence-corrected chi connectivity index (χ4v) is 2.29. The molecule has 23 heavy (non-hydrogen) atoms. The Morgan fingerprint density at radius 2 is 1.74 bits per heavy atom. The molecule has 9 heteroatoms. The summed E-state index contributed by atoms with van der Waals surface area (Å²) in [5, 5.41) is 11.8. The number of hydrogen-bond acceptors (Lipinski definition) is 3. The summed E-state index contributed by atoms with van der Waals surface area (Å²) in [6.07, 6.45) is -4.45. The predicted molar refractivity (Wildman–Crippen MR) is 79.6 cm³/mol. The molecular weight excluding hydrogens is 352 g/mol. The zero-order valence-electron chi connectivity index (χ0n) is 11.2. The van der Waals surface area contributed by atoms with E-state index >= 15 is 0 Å². The van der Waals surface area contributed by atoms with Gasteiger partial charge in [0.25, 0.3) is 0 Å². The third-order valence-corrected chi connectivity index (χ3v) is 3.80. The summed E-state index contributed by atoms with van der Waals surface area (Å²) in [5.74, 6) is 0.253. The third kappa shape index (κ3) is 3.16. The number of rotatable bonds is 2. The summed E-state index contributed by atoms with van der Waals surface area (Å²) in [5.41, 5.74) is -0.0710. The normalized spacial score (nSPS) is 11.7. The van der Waals surface area contributed by atoms with Gasteiger partial charge in [0.2, 0.25) is 0 Å². The summed E-state index contributed by atoms with van der Waals surface area (Å²) in [6.45, 7) is 0. The van der Waals surface area contributed by atoms with Gasteiger partial charge in [0.1, 0.15) is 0 Å². The first-order valence-corrected chi connectivity index (χ1v) is 7.03. The lowest BCUT2D eigenvalue weighted by molar-refractivity contribution is -0.137. The van der Waals surface area contributed by atoms with Gasteiger partial charge in [0.05, 0.1) is 21.3 Å². The Kier molecular flexibility index (Phi) is 3.99. The second-order valence-corrected chi connectivity index (χ2v) is 5.41. The van der Waals surface area contributed by atoms with Gasteiger partial charge < -0.3 is 0 Å². The van der Waals surface area contributed by atoms with Gasteiger partial charge in [-0.05, 0) is 46.8 Å². The molecule has 0 atom stereocenters. The lowest BCUT2D eigenvalue weighted by atomic mass is 10.1. The van der Waals surface area contributed by atoms with Crippen molar-refractivity contribution in [3.8, 4) is 17.1 Å². The lowest BCUT2D eigenvalue weighted by Gasteiger charge is -2.09. The molecule has 0 N–H and O–H groups in total. The zero-order chi connectivity index (χ0) is 16.6. The molecule has 0 aliphatic carbocycles. The van der Waals surface area contributed by atoms with E-state index in [0.29, 0.717) is 15.6 Å². The molecule has 0 spiro atoms. The average Bonchev–Trinajstić information content (AvgIpc) is 2.99. The molecule has 0 amide bonds. The Hall–Kier alpha value is -2.12. The van der Waals surface area contributed by atoms with Crippen molar-refractivity contribution in [1.29, 1.82) is 0 Å². The summed E-state index contributed by atoms with van der Waals surface area (Å²) in [6, 6.07) is 9.45. The number of alkyl halides is 3. The van der Waals surface area contributed by atoms with E-state index < -0.39 is 11.7 Å². The van der Waals surface area contributed by atoms with Gasteiger partial charge in [0.15, 0.2) is 5.82 Å². The van der Waals surface area contributed by atoms with Gasteiger partial charge in [0, 0.05) is 5.56 Å². The topological polar surface area (TPSA) is 43.6 Å². The van der Waals surface area contributed by atoms with Crippen molar-refractivity contribution >= 4 is 23.2 Å². The van der Waals surface area contributed by atoms with Crippen LogP contribution in [-0.4, -0.2) is 20.2 Å². The molecule has 0 radical (unpaired) electrons. The summed E-state index contributed by atoms with van der Waals surface area (Å²) in [4.78, 5) is 0. The number of benzene rings is 2. The minimum atomic E-state index is -4.45. The van der Waals surface area contributed by atoms with Crippen molar-refractivity contribution in [2.45, 2.75) is 6.18 Å². The first-order chi connectivity index (χ1) is 10.9. The van der Waals surface area contributed by atoms with E-state index in [4.69, 9.17) is 23.2 Å². The molecule has 1 aromatic heterocycles. The molecule has 0 aliphatic rings. The van der Waals surface area contributed by atoms with Crippen LogP contribution in [0.4, 0.5) is 13.2 Å². The maximum atomic E-state index is 12.8. The minimum Gasteiger partial charge on any atom is -0.193 e. The summed E-state index contributed by atoms with van der Waals surface area (Å²) >= 11 is 11.8. The molecule has 3 rings (SSSR count). The number of tetrazole rings is 1. The molecule has 1 heterocycles. The molecular formula is C14H7Cl2F3N4. The first kappa shape index (κ1) is 15.8. The molecule has 4 nitrogen and oxygen atoms in total. The summed E-state index contributed by atoms with van der Waals surface area (Å²) < 4.78 is 39.7. The van der Waals surface area contributed by atoms with E-state index in [1.54, 1.807) is 18.2 Å². The maximum absolute atomic E-state index is 12.8. The van der Waals surface area contributed by atoms with Crippen molar-refractivity contribution in [3.63, 3.8) is 0 Å². The molecule has 0 saturated carbocycles. The highest BCUT2D eigenvalue weighted by Gasteiger charge is 2.30. The molecule has 118 valence electrons. The Morgan fingerprint density at radius 3 is 2.43 bits per heavy atom. The van der Waals surface area contributed by atoms with Crippen molar-refractivity contribution in [3.05, 3.63) is 58.1 Å². The van der Waals surface area contributed by atoms with Crippen LogP contribution in [0.1, 0.15) is 5.56 Å². The maximum Gasteiger partial charge on any atom is 0.416 e. The van der Waals surface area contributed by atoms with Crippen molar-refractivity contribution in [2.24, 2.45) is 0 Å². The third-order valence-electron chi connectivity index (χ3n) is 3.07. The van der Waals surface area contributed by atoms with Crippen molar-refractivity contribution < 1.29 is 13.2 Å². The van der Waals surface area contributed by atoms with Gasteiger partial charge in [-0.1, -0.05) is 29.3 Å². The molecule has 0 fully saturated rings. The van der Waals surface area contributed by atoms with Gasteiger partial charge >= 0.3 is 6.18 Å². The minimum absolute atomic E-state index is 0.186. The Labute approximate surface area is 138 Å². The van der Waals surface area contributed by atoms with Gasteiger partial charge in [-0.25, -0.2) is 0 Å². The fourth-order valence-electron chi connectivity index (χ4n) is 1.99. The van der Waals surface area contributed by atoms with Gasteiger partial charge in [-0.3, -0.25) is 0 Å². The van der Waals surface area contributed by atoms with Gasteiger partial charge in [-0.15, -0.1) is 5.10 Å². The Morgan fingerprint density at radius 1 is 0.957 bits per heavy atom. The van der Waals surface area contributed by atoms with Crippen LogP contribution in [0.25, 0.3) is 17.1 Å². The highest BCUT2D eigenvalue weighted by Crippen LogP contribution is 2.32. The molecule has 0 bridgehead atoms. The molecule has 2 aromatic carbocycles. The van der Waals surface area contributed by atoms with E-state index in [2.05, 4.69) is 15.5 Å². The van der Waals surface area contributed by atoms with Crippen molar-refractivity contribution in [1.82, 2.24) is 20.2 Å². The number of nitrogens with zero attached hydrogens (tertiary/aromatic N) is 4. The van der Waals surface area contributed by atoms with E-state index in [1.807, 2.05) is 0 Å². The summed E-state index contributed by atoms with van der Waals surface area (Å²) in [7, 11) is 0. The SMILES string of the molecule is FC(F)(F)c1cccc(-n2nnnc2-c2ccc(Cl)c(Cl)c2)c1. The van der Waals surface area contributed by atoms with Crippen LogP contribution >= 0.6 is 23.2 Å². The van der Waals surface area contributed by atoms with Crippen LogP contribution in [0.15, 0.2) is 42.5 Å². The zero-order valence-corrected chi connectivity index (χ0v) is 12.7. The molecule has 3 aromatic rings. The highest BCUT2D eigenvalue weighted by molar-refractivity contribution is 6.42. The van der Waals surface area contributed by atoms with Crippen molar-refractivity contribution in [2.75, 3.05) is 0 Å². The lowest BCUT2D eigenvalue weighted by Crippen LogP contribution is -2.07. The van der Waals surface area contributed by atoms with Crippen LogP contribution in [0.3, 0.4) is 0 Å². The standard InChI is InChI=1S/C14H7Cl2F3N4/c15-11-5-4-8(6-12(11)16)13-20-21-22-23(13)10-3-1-2-9(7-10)14(17,18)19/h1-7H. The Bertz CT molecular complexity index is 861. The van der Waals surface area contributed by atoms with Crippen LogP contribution in [0.2, 0.25) is 10.0 Å². The monoisotopic (exact) mass is 358 g/mol. The molecule has 0 saturated heterocycles. The fraction of sp³-hybridized carbons (Fsp3) is 0.0714. The smallest absolute Gasteiger partial charge is 0.193 e. The second kappa shape index (κ2) is 5.82. The number of halogens is 5. The van der Waals surface area contributed by atoms with Crippen LogP contribution in [0, 0.1) is 0 Å². The highest BCUT2D eigenvalue weighted by atomic mass is 35.5. The molecule has 0 aliphatic heterocycles. The van der Waals surface area contributed by atoms with E-state index in [0.717, 1.165) is 12.1 Å². The predicted octanol–water partition coefficient (Wildman–Crippen LogP) is 4.65. The number of hydrogen-bond donors (Lipinski definition) is 0.